The summed E-state index contributed by atoms with van der Waals surface area (Å²) in [5, 5.41) is 36.2. The van der Waals surface area contributed by atoms with E-state index >= 15 is 0 Å². The van der Waals surface area contributed by atoms with Crippen molar-refractivity contribution in [2.24, 2.45) is 0 Å². The molecule has 2 aliphatic heterocycles. The summed E-state index contributed by atoms with van der Waals surface area (Å²) in [5.74, 6) is 2.42. The van der Waals surface area contributed by atoms with E-state index in [2.05, 4.69) is 49.9 Å². The molecule has 2 unspecified atom stereocenters. The van der Waals surface area contributed by atoms with E-state index in [0.717, 1.165) is 44.2 Å². The summed E-state index contributed by atoms with van der Waals surface area (Å²) in [6.07, 6.45) is 13.3. The van der Waals surface area contributed by atoms with Crippen LogP contribution >= 0.6 is 23.2 Å². The molecule has 0 bridgehead atoms. The number of benzene rings is 2. The lowest BCUT2D eigenvalue weighted by Gasteiger charge is -2.35. The predicted octanol–water partition coefficient (Wildman–Crippen LogP) is 5.87. The van der Waals surface area contributed by atoms with Crippen LogP contribution in [0, 0.1) is 0 Å². The highest BCUT2D eigenvalue weighted by Gasteiger charge is 2.27. The first-order valence-corrected chi connectivity index (χ1v) is 26.0. The Bertz CT molecular complexity index is 3120. The van der Waals surface area contributed by atoms with E-state index < -0.39 is 23.5 Å². The Morgan fingerprint density at radius 1 is 0.500 bits per heavy atom. The molecule has 2 saturated heterocycles. The molecule has 23 nitrogen and oxygen atoms in total. The number of piperazine rings is 2. The number of Topliss-reactive ketones (excluding diaryl/α,β-unsaturated/α-hetero) is 2. The van der Waals surface area contributed by atoms with Crippen LogP contribution in [0.1, 0.15) is 72.8 Å². The fourth-order valence-electron chi connectivity index (χ4n) is 8.61. The summed E-state index contributed by atoms with van der Waals surface area (Å²) in [4.78, 5) is 86.6. The van der Waals surface area contributed by atoms with Gasteiger partial charge < -0.3 is 34.9 Å². The minimum atomic E-state index is -0.726. The van der Waals surface area contributed by atoms with E-state index in [0.29, 0.717) is 90.1 Å². The Hall–Kier alpha value is -8.54. The van der Waals surface area contributed by atoms with Crippen molar-refractivity contribution in [2.45, 2.75) is 52.1 Å². The molecule has 8 aromatic rings. The second kappa shape index (κ2) is 26.0. The van der Waals surface area contributed by atoms with Gasteiger partial charge in [-0.25, -0.2) is 58.0 Å². The summed E-state index contributed by atoms with van der Waals surface area (Å²) in [5.41, 5.74) is 1.24. The lowest BCUT2D eigenvalue weighted by Crippen LogP contribution is -2.47. The van der Waals surface area contributed by atoms with Crippen molar-refractivity contribution in [1.29, 1.82) is 0 Å². The van der Waals surface area contributed by atoms with Crippen molar-refractivity contribution >= 4 is 58.3 Å². The number of carbonyl (C=O) groups is 2. The van der Waals surface area contributed by atoms with Crippen LogP contribution in [0.25, 0.3) is 11.4 Å². The molecule has 6 aromatic heterocycles. The van der Waals surface area contributed by atoms with Crippen molar-refractivity contribution in [2.75, 3.05) is 78.6 Å². The first-order valence-electron chi connectivity index (χ1n) is 25.3. The zero-order valence-electron chi connectivity index (χ0n) is 43.1. The van der Waals surface area contributed by atoms with Gasteiger partial charge in [0.15, 0.2) is 23.1 Å². The molecule has 2 aromatic carbocycles. The van der Waals surface area contributed by atoms with Crippen molar-refractivity contribution in [3.63, 3.8) is 0 Å². The molecule has 0 amide bonds. The Morgan fingerprint density at radius 2 is 0.833 bits per heavy atom. The number of hydrogen-bond acceptors (Lipinski definition) is 19. The molecular formula is C53H58Cl2N16O7. The molecule has 2 aliphatic rings. The number of rotatable bonds is 15. The van der Waals surface area contributed by atoms with Gasteiger partial charge in [0.1, 0.15) is 36.4 Å². The molecule has 2 atom stereocenters. The first kappa shape index (κ1) is 55.7. The maximum Gasteiger partial charge on any atom is 0.351 e. The van der Waals surface area contributed by atoms with E-state index in [4.69, 9.17) is 28.3 Å². The number of aliphatic hydroxyl groups is 1. The second-order valence-corrected chi connectivity index (χ2v) is 18.8. The van der Waals surface area contributed by atoms with Crippen molar-refractivity contribution in [3.05, 3.63) is 165 Å². The van der Waals surface area contributed by atoms with Crippen LogP contribution in [0.2, 0.25) is 10.0 Å². The van der Waals surface area contributed by atoms with E-state index in [-0.39, 0.29) is 23.1 Å². The number of hydrogen-bond donors (Lipinski definition) is 3. The Morgan fingerprint density at radius 3 is 1.13 bits per heavy atom. The number of aliphatic hydroxyl groups excluding tert-OH is 1. The molecule has 8 heterocycles. The molecule has 406 valence electrons. The number of anilines is 4. The molecule has 78 heavy (non-hydrogen) atoms. The zero-order chi connectivity index (χ0) is 55.3. The maximum atomic E-state index is 13.2. The van der Waals surface area contributed by atoms with Crippen molar-refractivity contribution in [3.8, 4) is 22.9 Å². The quantitative estimate of drug-likeness (QED) is 0.101. The van der Waals surface area contributed by atoms with Gasteiger partial charge in [0, 0.05) is 80.1 Å². The fourth-order valence-corrected chi connectivity index (χ4v) is 8.86. The summed E-state index contributed by atoms with van der Waals surface area (Å²) in [6, 6.07) is 19.1. The number of carbonyl (C=O) groups excluding carboxylic acids is 2. The maximum absolute atomic E-state index is 13.2. The Balaban J connectivity index is 0.000000193. The van der Waals surface area contributed by atoms with Crippen LogP contribution in [0.4, 0.5) is 23.5 Å². The monoisotopic (exact) mass is 1100 g/mol. The van der Waals surface area contributed by atoms with Gasteiger partial charge in [0.25, 0.3) is 0 Å². The van der Waals surface area contributed by atoms with E-state index in [1.165, 1.54) is 55.9 Å². The van der Waals surface area contributed by atoms with Gasteiger partial charge in [-0.1, -0.05) is 44.0 Å². The predicted molar refractivity (Wildman–Crippen MR) is 295 cm³/mol. The fraction of sp³-hybridized carbons (Fsp3) is 0.321. The molecule has 0 radical (unpaired) electrons. The molecule has 0 saturated carbocycles. The van der Waals surface area contributed by atoms with Crippen LogP contribution < -0.4 is 31.0 Å². The van der Waals surface area contributed by atoms with Gasteiger partial charge in [-0.05, 0) is 92.1 Å². The second-order valence-electron chi connectivity index (χ2n) is 18.0. The molecule has 0 spiro atoms. The van der Waals surface area contributed by atoms with Gasteiger partial charge in [-0.2, -0.15) is 10.2 Å². The number of aromatic nitrogens is 12. The molecule has 2 fully saturated rings. The summed E-state index contributed by atoms with van der Waals surface area (Å²) >= 11 is 11.9. The minimum Gasteiger partial charge on any atom is -0.505 e. The van der Waals surface area contributed by atoms with E-state index in [9.17, 15) is 29.4 Å². The third kappa shape index (κ3) is 13.2. The number of pyridine rings is 2. The Labute approximate surface area is 458 Å². The van der Waals surface area contributed by atoms with Gasteiger partial charge in [0.2, 0.25) is 11.9 Å². The van der Waals surface area contributed by atoms with Crippen LogP contribution in [-0.2, 0) is 0 Å². The normalized spacial score (nSPS) is 14.2. The Kier molecular flexibility index (Phi) is 18.6. The molecule has 10 rings (SSSR count). The van der Waals surface area contributed by atoms with Gasteiger partial charge in [-0.15, -0.1) is 0 Å². The van der Waals surface area contributed by atoms with Crippen LogP contribution in [0.15, 0.2) is 132 Å². The van der Waals surface area contributed by atoms with Crippen LogP contribution in [0.3, 0.4) is 0 Å². The largest absolute Gasteiger partial charge is 0.505 e. The molecular weight excluding hydrogens is 1040 g/mol. The lowest BCUT2D eigenvalue weighted by molar-refractivity contribution is 0.0904. The van der Waals surface area contributed by atoms with E-state index in [1.807, 2.05) is 54.8 Å². The van der Waals surface area contributed by atoms with Crippen LogP contribution in [0.5, 0.6) is 11.5 Å². The standard InChI is InChI=1S/2C25H25ClN8O3.C3H8O/c2*1-2-21(23(36)17-3-5-18(26)6-4-17)34-25(37)33(16-30-34)19-7-8-22(27-13-19)31-9-11-32(12-10-31)24-28-14-20(35)15-29-24;1-2-3-4/h2*3-8,13-16,21,35H,2,9-12H2,1H3;4H,2-3H2,1H3. The van der Waals surface area contributed by atoms with E-state index in [1.54, 1.807) is 60.9 Å². The molecule has 3 N–H and O–H groups in total. The number of nitrogens with zero attached hydrogens (tertiary/aromatic N) is 16. The summed E-state index contributed by atoms with van der Waals surface area (Å²) < 4.78 is 5.20. The lowest BCUT2D eigenvalue weighted by atomic mass is 10.0. The van der Waals surface area contributed by atoms with Crippen molar-refractivity contribution in [1.82, 2.24) is 58.6 Å². The number of ketones is 2. The van der Waals surface area contributed by atoms with Gasteiger partial charge >= 0.3 is 11.4 Å². The minimum absolute atomic E-state index is 0.0368. The van der Waals surface area contributed by atoms with Gasteiger partial charge in [-0.3, -0.25) is 9.59 Å². The summed E-state index contributed by atoms with van der Waals surface area (Å²) in [6.45, 7) is 11.7. The summed E-state index contributed by atoms with van der Waals surface area (Å²) in [7, 11) is 0. The average Bonchev–Trinajstić information content (AvgIpc) is 4.16. The number of aromatic hydroxyl groups is 2. The van der Waals surface area contributed by atoms with Crippen molar-refractivity contribution < 1.29 is 24.9 Å². The molecule has 0 aliphatic carbocycles. The zero-order valence-corrected chi connectivity index (χ0v) is 44.6. The highest BCUT2D eigenvalue weighted by atomic mass is 35.5. The van der Waals surface area contributed by atoms with Crippen LogP contribution in [-0.4, -0.2) is 144 Å². The number of halogens is 2. The SMILES string of the molecule is CCC(C(=O)c1ccc(Cl)cc1)n1ncn(-c2ccc(N3CCN(c4ncc(O)cn4)CC3)nc2)c1=O.CCC(C(=O)c1ccc(Cl)cc1)n1ncn(-c2ccc(N3CCN(c4ncc(O)cn4)CC3)nc2)c1=O.CCCO. The molecule has 25 heteroatoms. The third-order valence-corrected chi connectivity index (χ3v) is 13.4. The van der Waals surface area contributed by atoms with Gasteiger partial charge in [0.05, 0.1) is 48.6 Å². The average molecular weight is 1100 g/mol. The topological polar surface area (TPSA) is 265 Å². The highest BCUT2D eigenvalue weighted by molar-refractivity contribution is 6.31. The first-order chi connectivity index (χ1) is 37.8. The highest BCUT2D eigenvalue weighted by Crippen LogP contribution is 2.23. The smallest absolute Gasteiger partial charge is 0.351 e. The third-order valence-electron chi connectivity index (χ3n) is 12.9.